The Hall–Kier alpha value is -13.3. The molecule has 2 fully saturated rings. The number of carbonyl (C=O) groups excluding carboxylic acids is 8. The number of hydrogen-bond acceptors (Lipinski definition) is 19. The summed E-state index contributed by atoms with van der Waals surface area (Å²) in [5.41, 5.74) is 15.1. The molecular weight excluding hydrogens is 1910 g/mol. The SMILES string of the molecule is CC1CCC(NC(=O)C(Cc2ccccc2)NS(=O)(=O)c2ccc3c(c2)CCC(=O)N3)CC1.CN(C)c1ccc(CNC(=O)C(Cc2ccccc2)NS(=O)(=O)c2ccc3c(c2)CCC(=O)N3)cc1.COc1ccc(Cl)cc1NC(=O)C(Cc1ccccc1)NS(=O)(=O)c1ccc2c(c1)CCC(=O)N2.Cc1ccc(C)c(N2CCN(C(=O)C(Cc3ccccc3)NS(=O)(=O)c3ccc4c(c3)CCC(=O)C4)CC2)c1. The number of piperazine rings is 1. The summed E-state index contributed by atoms with van der Waals surface area (Å²) in [5.74, 6) is -0.553. The van der Waals surface area contributed by atoms with Gasteiger partial charge in [0.25, 0.3) is 0 Å². The number of methoxy groups -OCH3 is 1. The summed E-state index contributed by atoms with van der Waals surface area (Å²) in [6.07, 6.45) is 8.38. The van der Waals surface area contributed by atoms with Crippen molar-refractivity contribution in [2.24, 2.45) is 5.92 Å². The van der Waals surface area contributed by atoms with E-state index in [4.69, 9.17) is 16.3 Å². The van der Waals surface area contributed by atoms with Gasteiger partial charge < -0.3 is 51.3 Å². The molecule has 0 bridgehead atoms. The van der Waals surface area contributed by atoms with Crippen LogP contribution in [-0.2, 0) is 143 Å². The molecule has 1 saturated carbocycles. The first-order valence-corrected chi connectivity index (χ1v) is 54.0. The third kappa shape index (κ3) is 29.3. The summed E-state index contributed by atoms with van der Waals surface area (Å²) in [4.78, 5) is 106. The molecule has 2 aliphatic carbocycles. The monoisotopic (exact) mass is 2030 g/mol. The minimum atomic E-state index is -4.07. The molecule has 4 unspecified atom stereocenters. The lowest BCUT2D eigenvalue weighted by atomic mass is 9.87. The lowest BCUT2D eigenvalue weighted by molar-refractivity contribution is -0.133. The van der Waals surface area contributed by atoms with Crippen molar-refractivity contribution in [3.8, 4) is 5.75 Å². The standard InChI is InChI=1S/C31H35N3O4S.C27H30N4O4S.C25H24ClN3O5S.C25H31N3O4S/c1-22-8-9-23(2)30(18-22)33-14-16-34(17-15-33)31(36)29(19-24-6-4-3-5-7-24)32-39(37,38)28-13-11-25-20-27(35)12-10-26(25)21-28;1-31(2)22-11-8-20(9-12-22)18-28-27(33)25(16-19-6-4-3-5-7-19)30-36(34,35)23-13-14-24-21(17-23)10-15-26(32)29-24;1-34-23-11-8-18(26)15-21(23)28-25(31)22(13-16-5-3-2-4-6-16)29-35(32,33)19-9-10-20-17(14-19)7-12-24(30)27-20;1-17-7-10-20(11-8-17)26-25(30)23(15-18-5-3-2-4-6-18)28-33(31,32)21-12-13-22-19(16-21)9-14-24(29)27-22/h3-9,11,13,18,21,29,32H,10,12,14-17,19-20H2,1-2H3;3-9,11-14,17,25,30H,10,15-16,18H2,1-2H3,(H,28,33)(H,29,32);2-6,8-11,14-15,22,29H,7,12-13H2,1H3,(H,27,30)(H,28,31);2-6,12-13,16-17,20,23,28H,7-11,14-15H2,1H3,(H,26,30)(H,27,29). The highest BCUT2D eigenvalue weighted by Gasteiger charge is 2.37. The van der Waals surface area contributed by atoms with Gasteiger partial charge in [0.1, 0.15) is 35.7 Å². The normalized spacial score (nSPS) is 16.4. The van der Waals surface area contributed by atoms with Crippen molar-refractivity contribution < 1.29 is 76.8 Å². The quantitative estimate of drug-likeness (QED) is 0.0193. The van der Waals surface area contributed by atoms with E-state index in [9.17, 15) is 72.0 Å². The van der Waals surface area contributed by atoms with Crippen molar-refractivity contribution in [2.75, 3.05) is 78.5 Å². The van der Waals surface area contributed by atoms with Gasteiger partial charge in [0.15, 0.2) is 0 Å². The fourth-order valence-corrected chi connectivity index (χ4v) is 23.0. The van der Waals surface area contributed by atoms with Gasteiger partial charge in [-0.05, 0) is 267 Å². The second-order valence-corrected chi connectivity index (χ2v) is 44.2. The number of sulfonamides is 4. The molecule has 30 nitrogen and oxygen atoms in total. The number of aryl methyl sites for hydroxylation is 6. The summed E-state index contributed by atoms with van der Waals surface area (Å²) >= 11 is 6.08. The van der Waals surface area contributed by atoms with Crippen LogP contribution in [0, 0.1) is 19.8 Å². The summed E-state index contributed by atoms with van der Waals surface area (Å²) < 4.78 is 122. The predicted octanol–water partition coefficient (Wildman–Crippen LogP) is 13.4. The van der Waals surface area contributed by atoms with E-state index in [0.717, 1.165) is 87.0 Å². The molecule has 0 aromatic heterocycles. The number of nitrogens with zero attached hydrogens (tertiary/aromatic N) is 3. The van der Waals surface area contributed by atoms with E-state index >= 15 is 0 Å². The topological polar surface area (TPSA) is 412 Å². The molecule has 17 rings (SSSR count). The van der Waals surface area contributed by atoms with E-state index in [1.807, 2.05) is 165 Å². The average molecular weight is 2040 g/mol. The van der Waals surface area contributed by atoms with Crippen LogP contribution in [0.4, 0.5) is 34.1 Å². The zero-order valence-corrected chi connectivity index (χ0v) is 84.6. The number of rotatable bonds is 31. The highest BCUT2D eigenvalue weighted by molar-refractivity contribution is 7.90. The molecule has 7 amide bonds. The van der Waals surface area contributed by atoms with Crippen LogP contribution in [0.5, 0.6) is 5.75 Å². The maximum atomic E-state index is 13.8. The predicted molar refractivity (Wildman–Crippen MR) is 554 cm³/mol. The number of halogens is 1. The number of ketones is 1. The second-order valence-electron chi connectivity index (χ2n) is 36.9. The molecule has 0 radical (unpaired) electrons. The summed E-state index contributed by atoms with van der Waals surface area (Å²) in [7, 11) is -10.6. The molecule has 0 spiro atoms. The van der Waals surface area contributed by atoms with Gasteiger partial charge in [-0.2, -0.15) is 18.9 Å². The van der Waals surface area contributed by atoms with E-state index in [1.165, 1.54) is 60.3 Å². The molecule has 35 heteroatoms. The summed E-state index contributed by atoms with van der Waals surface area (Å²) in [5, 5.41) is 17.3. The van der Waals surface area contributed by atoms with E-state index in [-0.39, 0.29) is 99.6 Å². The molecule has 11 aromatic carbocycles. The van der Waals surface area contributed by atoms with Gasteiger partial charge in [0.2, 0.25) is 81.4 Å². The zero-order chi connectivity index (χ0) is 102. The van der Waals surface area contributed by atoms with Crippen LogP contribution in [0.15, 0.2) is 274 Å². The van der Waals surface area contributed by atoms with Gasteiger partial charge in [-0.25, -0.2) is 33.7 Å². The minimum Gasteiger partial charge on any atom is -0.495 e. The van der Waals surface area contributed by atoms with Crippen molar-refractivity contribution in [3.05, 3.63) is 327 Å². The molecule has 4 aliphatic heterocycles. The van der Waals surface area contributed by atoms with Gasteiger partial charge >= 0.3 is 0 Å². The molecule has 11 aromatic rings. The van der Waals surface area contributed by atoms with Crippen molar-refractivity contribution in [3.63, 3.8) is 0 Å². The molecule has 750 valence electrons. The van der Waals surface area contributed by atoms with Crippen molar-refractivity contribution in [1.29, 1.82) is 0 Å². The van der Waals surface area contributed by atoms with Crippen LogP contribution in [0.1, 0.15) is 125 Å². The van der Waals surface area contributed by atoms with Crippen LogP contribution in [0.2, 0.25) is 5.02 Å². The first-order valence-electron chi connectivity index (χ1n) is 47.7. The Morgan fingerprint density at radius 2 is 0.839 bits per heavy atom. The zero-order valence-electron chi connectivity index (χ0n) is 80.6. The van der Waals surface area contributed by atoms with Crippen LogP contribution < -0.4 is 65.3 Å². The van der Waals surface area contributed by atoms with Gasteiger partial charge in [0.05, 0.1) is 32.4 Å². The molecule has 6 aliphatic rings. The fourth-order valence-electron chi connectivity index (χ4n) is 17.9. The molecule has 4 atom stereocenters. The molecule has 143 heavy (non-hydrogen) atoms. The van der Waals surface area contributed by atoms with Crippen molar-refractivity contribution >= 4 is 133 Å². The van der Waals surface area contributed by atoms with Crippen LogP contribution >= 0.6 is 11.6 Å². The highest BCUT2D eigenvalue weighted by Crippen LogP contribution is 2.34. The third-order valence-corrected chi connectivity index (χ3v) is 32.1. The Labute approximate surface area is 841 Å². The number of amides is 7. The molecule has 4 heterocycles. The Morgan fingerprint density at radius 1 is 0.427 bits per heavy atom. The summed E-state index contributed by atoms with van der Waals surface area (Å²) in [6, 6.07) is 70.9. The van der Waals surface area contributed by atoms with Gasteiger partial charge in [-0.3, -0.25) is 38.4 Å². The third-order valence-electron chi connectivity index (χ3n) is 26.0. The smallest absolute Gasteiger partial charge is 0.243 e. The number of carbonyl (C=O) groups is 8. The lowest BCUT2D eigenvalue weighted by Crippen LogP contribution is -2.55. The Morgan fingerprint density at radius 3 is 1.29 bits per heavy atom. The highest BCUT2D eigenvalue weighted by atomic mass is 35.5. The lowest BCUT2D eigenvalue weighted by Gasteiger charge is -2.38. The van der Waals surface area contributed by atoms with Gasteiger partial charge in [-0.15, -0.1) is 0 Å². The fraction of sp³-hybridized carbons (Fsp3) is 0.315. The van der Waals surface area contributed by atoms with E-state index in [1.54, 1.807) is 59.5 Å². The minimum absolute atomic E-state index is 0.0126. The average Bonchev–Trinajstić information content (AvgIpc) is 0.800. The Balaban J connectivity index is 0.000000152. The number of hydrogen-bond donors (Lipinski definition) is 10. The van der Waals surface area contributed by atoms with Crippen molar-refractivity contribution in [2.45, 2.75) is 186 Å². The maximum absolute atomic E-state index is 13.8. The number of fused-ring (bicyclic) bond motifs is 4. The van der Waals surface area contributed by atoms with Gasteiger partial charge in [0, 0.05) is 118 Å². The van der Waals surface area contributed by atoms with E-state index < -0.39 is 76.1 Å². The van der Waals surface area contributed by atoms with Crippen LogP contribution in [0.3, 0.4) is 0 Å². The number of nitrogens with one attached hydrogen (secondary N) is 10. The van der Waals surface area contributed by atoms with E-state index in [0.29, 0.717) is 117 Å². The molecule has 10 N–H and O–H groups in total. The first-order chi connectivity index (χ1) is 68.4. The molecule has 1 saturated heterocycles. The molecular formula is C108H120ClN13O17S4. The van der Waals surface area contributed by atoms with Gasteiger partial charge in [-0.1, -0.05) is 170 Å². The second kappa shape index (κ2) is 48.2. The first kappa shape index (κ1) is 106. The van der Waals surface area contributed by atoms with Crippen LogP contribution in [-0.4, -0.2) is 163 Å². The number of anilines is 6. The van der Waals surface area contributed by atoms with Crippen molar-refractivity contribution in [1.82, 2.24) is 34.4 Å². The number of benzene rings is 11. The maximum Gasteiger partial charge on any atom is 0.243 e. The summed E-state index contributed by atoms with van der Waals surface area (Å²) in [6.45, 7) is 9.07. The number of ether oxygens (including phenoxy) is 1. The Bertz CT molecular complexity index is 6940. The number of Topliss-reactive ketones (excluding diaryl/α,β-unsaturated/α-hetero) is 1. The largest absolute Gasteiger partial charge is 0.495 e. The Kier molecular flexibility index (Phi) is 35.6. The van der Waals surface area contributed by atoms with Crippen LogP contribution in [0.25, 0.3) is 0 Å². The van der Waals surface area contributed by atoms with E-state index in [2.05, 4.69) is 94.7 Å².